The molecule has 5 N–H and O–H groups in total. The predicted octanol–water partition coefficient (Wildman–Crippen LogP) is -1.75. The smallest absolute Gasteiger partial charge is 0.330 e. The van der Waals surface area contributed by atoms with E-state index in [1.54, 1.807) is 6.92 Å². The second kappa shape index (κ2) is 9.40. The van der Waals surface area contributed by atoms with Gasteiger partial charge in [-0.25, -0.2) is 9.11 Å². The van der Waals surface area contributed by atoms with Gasteiger partial charge in [0.05, 0.1) is 12.7 Å². The largest absolute Gasteiger partial charge is 0.394 e. The molecule has 24 heavy (non-hydrogen) atoms. The summed E-state index contributed by atoms with van der Waals surface area (Å²) >= 11 is 0. The van der Waals surface area contributed by atoms with Crippen LogP contribution in [0.2, 0.25) is 0 Å². The zero-order valence-electron chi connectivity index (χ0n) is 12.4. The van der Waals surface area contributed by atoms with Gasteiger partial charge in [0.2, 0.25) is 0 Å². The van der Waals surface area contributed by atoms with Crippen molar-refractivity contribution in [3.05, 3.63) is 32.6 Å². The summed E-state index contributed by atoms with van der Waals surface area (Å²) in [5, 5.41) is 18.5. The average molecular weight is 388 g/mol. The quantitative estimate of drug-likeness (QED) is 0.370. The highest BCUT2D eigenvalue weighted by atomic mass is 31.2. The highest BCUT2D eigenvalue weighted by Gasteiger charge is 2.34. The van der Waals surface area contributed by atoms with Crippen molar-refractivity contribution >= 4 is 16.5 Å². The van der Waals surface area contributed by atoms with E-state index in [1.165, 1.54) is 10.8 Å². The third-order valence-corrected chi connectivity index (χ3v) is 4.41. The fourth-order valence-electron chi connectivity index (χ4n) is 1.92. The van der Waals surface area contributed by atoms with Crippen LogP contribution in [-0.4, -0.2) is 48.4 Å². The molecule has 1 aliphatic rings. The first kappa shape index (κ1) is 20.9. The van der Waals surface area contributed by atoms with E-state index in [-0.39, 0.29) is 13.0 Å². The molecule has 1 aromatic heterocycles. The highest BCUT2D eigenvalue weighted by molar-refractivity contribution is 7.46. The van der Waals surface area contributed by atoms with Crippen LogP contribution in [0.1, 0.15) is 18.2 Å². The number of nitrogens with zero attached hydrogens (tertiary/aromatic N) is 1. The van der Waals surface area contributed by atoms with Gasteiger partial charge in [-0.15, -0.1) is 0 Å². The summed E-state index contributed by atoms with van der Waals surface area (Å²) in [5.74, 6) is 0. The Labute approximate surface area is 136 Å². The van der Waals surface area contributed by atoms with Gasteiger partial charge in [0.1, 0.15) is 12.3 Å². The van der Waals surface area contributed by atoms with Crippen molar-refractivity contribution in [1.29, 1.82) is 0 Å². The van der Waals surface area contributed by atoms with Crippen molar-refractivity contribution in [3.8, 4) is 0 Å². The van der Waals surface area contributed by atoms with Gasteiger partial charge in [0.25, 0.3) is 5.56 Å². The summed E-state index contributed by atoms with van der Waals surface area (Å²) in [7, 11) is -6.40. The number of aliphatic hydroxyl groups is 2. The molecule has 1 saturated heterocycles. The minimum atomic E-state index is -3.20. The highest BCUT2D eigenvalue weighted by Crippen LogP contribution is 2.30. The van der Waals surface area contributed by atoms with E-state index in [0.29, 0.717) is 5.56 Å². The van der Waals surface area contributed by atoms with Gasteiger partial charge in [0, 0.05) is 18.2 Å². The average Bonchev–Trinajstić information content (AvgIpc) is 2.83. The van der Waals surface area contributed by atoms with E-state index < -0.39 is 46.2 Å². The van der Waals surface area contributed by atoms with Crippen LogP contribution in [0.4, 0.5) is 0 Å². The van der Waals surface area contributed by atoms with Crippen LogP contribution in [0.5, 0.6) is 0 Å². The second-order valence-corrected chi connectivity index (χ2v) is 6.61. The minimum absolute atomic E-state index is 0.205. The number of rotatable bonds is 4. The Morgan fingerprint density at radius 3 is 2.38 bits per heavy atom. The van der Waals surface area contributed by atoms with Gasteiger partial charge < -0.3 is 24.7 Å². The molecule has 0 radical (unpaired) electrons. The molecule has 14 heteroatoms. The van der Waals surface area contributed by atoms with Gasteiger partial charge in [-0.2, -0.15) is 0 Å². The summed E-state index contributed by atoms with van der Waals surface area (Å²) < 4.78 is 28.9. The van der Waals surface area contributed by atoms with Crippen LogP contribution in [-0.2, 0) is 18.2 Å². The third kappa shape index (κ3) is 6.08. The summed E-state index contributed by atoms with van der Waals surface area (Å²) in [5.41, 5.74) is -0.643. The fourth-order valence-corrected chi connectivity index (χ4v) is 2.52. The lowest BCUT2D eigenvalue weighted by atomic mass is 10.2. The lowest BCUT2D eigenvalue weighted by Crippen LogP contribution is -2.33. The zero-order chi connectivity index (χ0) is 18.4. The van der Waals surface area contributed by atoms with Gasteiger partial charge in [-0.05, 0) is 6.92 Å². The van der Waals surface area contributed by atoms with E-state index in [2.05, 4.69) is 9.29 Å². The molecule has 2 rings (SSSR count). The monoisotopic (exact) mass is 388 g/mol. The molecule has 1 aliphatic heterocycles. The summed E-state index contributed by atoms with van der Waals surface area (Å²) in [6, 6.07) is 0. The van der Waals surface area contributed by atoms with Gasteiger partial charge >= 0.3 is 22.2 Å². The first-order chi connectivity index (χ1) is 11.1. The number of hydrogen-bond donors (Lipinski definition) is 5. The van der Waals surface area contributed by atoms with Crippen LogP contribution in [0.25, 0.3) is 0 Å². The Kier molecular flexibility index (Phi) is 8.20. The maximum atomic E-state index is 11.6. The number of hydrogen-bond acceptors (Lipinski definition) is 8. The number of aromatic nitrogens is 2. The molecular formula is C10H18N2O10P2. The van der Waals surface area contributed by atoms with Crippen molar-refractivity contribution in [2.75, 3.05) is 6.61 Å². The third-order valence-electron chi connectivity index (χ3n) is 3.01. The van der Waals surface area contributed by atoms with Crippen molar-refractivity contribution in [2.24, 2.45) is 0 Å². The molecule has 0 saturated carbocycles. The SMILES string of the molecule is Cc1cn([C@H]2C[C@H](O)[C@@H](CO)O2)c(=O)[nH]c1=O.O=[PH](O)O[PH](=O)O. The maximum Gasteiger partial charge on any atom is 0.330 e. The van der Waals surface area contributed by atoms with Crippen LogP contribution < -0.4 is 11.2 Å². The van der Waals surface area contributed by atoms with Crippen molar-refractivity contribution < 1.29 is 38.2 Å². The first-order valence-electron chi connectivity index (χ1n) is 6.55. The molecule has 138 valence electrons. The van der Waals surface area contributed by atoms with Crippen LogP contribution in [0.3, 0.4) is 0 Å². The molecule has 1 aromatic rings. The Morgan fingerprint density at radius 1 is 1.38 bits per heavy atom. The Bertz CT molecular complexity index is 704. The van der Waals surface area contributed by atoms with Crippen molar-refractivity contribution in [3.63, 3.8) is 0 Å². The molecule has 2 heterocycles. The first-order valence-corrected chi connectivity index (χ1v) is 9.08. The number of aliphatic hydroxyl groups excluding tert-OH is 2. The normalized spacial score (nSPS) is 25.6. The Hall–Kier alpha value is -1.10. The van der Waals surface area contributed by atoms with Crippen molar-refractivity contribution in [1.82, 2.24) is 9.55 Å². The standard InChI is InChI=1S/C10H14N2O5.H4O5P2/c1-5-3-12(10(16)11-9(5)15)8-2-6(14)7(4-13)17-8;1-6(2)5-7(3)4/h3,6-8,13-14H,2,4H2,1H3,(H,11,15,16);6-7H,(H,1,2)(H,3,4)/t6-,7+,8+;/m0./s1. The minimum Gasteiger partial charge on any atom is -0.394 e. The molecule has 0 spiro atoms. The number of aryl methyl sites for hydroxylation is 1. The van der Waals surface area contributed by atoms with Gasteiger partial charge in [-0.1, -0.05) is 0 Å². The summed E-state index contributed by atoms with van der Waals surface area (Å²) in [6.45, 7) is 1.26. The predicted molar refractivity (Wildman–Crippen MR) is 81.2 cm³/mol. The van der Waals surface area contributed by atoms with Crippen LogP contribution in [0, 0.1) is 6.92 Å². The second-order valence-electron chi connectivity index (χ2n) is 4.73. The summed E-state index contributed by atoms with van der Waals surface area (Å²) in [4.78, 5) is 40.3. The van der Waals surface area contributed by atoms with Crippen LogP contribution in [0.15, 0.2) is 15.8 Å². The molecule has 0 bridgehead atoms. The molecule has 0 amide bonds. The van der Waals surface area contributed by atoms with Crippen molar-refractivity contribution in [2.45, 2.75) is 31.8 Å². The van der Waals surface area contributed by atoms with E-state index in [4.69, 9.17) is 19.6 Å². The molecule has 12 nitrogen and oxygen atoms in total. The lowest BCUT2D eigenvalue weighted by molar-refractivity contribution is -0.0459. The van der Waals surface area contributed by atoms with Gasteiger partial charge in [-0.3, -0.25) is 23.5 Å². The molecular weight excluding hydrogens is 370 g/mol. The number of aromatic amines is 1. The van der Waals surface area contributed by atoms with Crippen LogP contribution >= 0.6 is 16.5 Å². The molecule has 5 atom stereocenters. The lowest BCUT2D eigenvalue weighted by Gasteiger charge is -2.14. The summed E-state index contributed by atoms with van der Waals surface area (Å²) in [6.07, 6.45) is -0.581. The van der Waals surface area contributed by atoms with Gasteiger partial charge in [0.15, 0.2) is 0 Å². The van der Waals surface area contributed by atoms with E-state index >= 15 is 0 Å². The van der Waals surface area contributed by atoms with E-state index in [9.17, 15) is 23.8 Å². The Balaban J connectivity index is 0.000000351. The molecule has 0 aromatic carbocycles. The number of ether oxygens (including phenoxy) is 1. The number of H-pyrrole nitrogens is 1. The number of nitrogens with one attached hydrogen (secondary N) is 1. The molecule has 1 fully saturated rings. The topological polar surface area (TPSA) is 188 Å². The zero-order valence-corrected chi connectivity index (χ0v) is 14.4. The molecule has 0 aliphatic carbocycles. The Morgan fingerprint density at radius 2 is 1.96 bits per heavy atom. The maximum absolute atomic E-state index is 11.6. The fraction of sp³-hybridized carbons (Fsp3) is 0.600. The van der Waals surface area contributed by atoms with E-state index in [1.807, 2.05) is 0 Å². The molecule has 2 unspecified atom stereocenters. The van der Waals surface area contributed by atoms with E-state index in [0.717, 1.165) is 0 Å².